The summed E-state index contributed by atoms with van der Waals surface area (Å²) in [6.45, 7) is 2.16. The standard InChI is InChI=1S/C13H15ClF4N2.ClH/c14-8-5-9(15)13(10(16)6-8)11(7-12(17)18)20-3-1-19-2-4-20;/h5-6,11-12,19H,1-4,7H2;1H/t11-;/m1./s1. The lowest BCUT2D eigenvalue weighted by Crippen LogP contribution is -2.46. The van der Waals surface area contributed by atoms with Crippen LogP contribution in [0.4, 0.5) is 17.6 Å². The average molecular weight is 347 g/mol. The summed E-state index contributed by atoms with van der Waals surface area (Å²) in [4.78, 5) is 1.68. The molecule has 0 radical (unpaired) electrons. The molecule has 1 N–H and O–H groups in total. The van der Waals surface area contributed by atoms with Crippen molar-refractivity contribution in [2.75, 3.05) is 26.2 Å². The predicted octanol–water partition coefficient (Wildman–Crippen LogP) is 3.64. The van der Waals surface area contributed by atoms with Gasteiger partial charge in [0.2, 0.25) is 6.43 Å². The first-order chi connectivity index (χ1) is 9.49. The van der Waals surface area contributed by atoms with Crippen molar-refractivity contribution in [3.63, 3.8) is 0 Å². The van der Waals surface area contributed by atoms with Crippen molar-refractivity contribution in [2.45, 2.75) is 18.9 Å². The van der Waals surface area contributed by atoms with Crippen molar-refractivity contribution >= 4 is 24.0 Å². The van der Waals surface area contributed by atoms with Crippen LogP contribution in [0.2, 0.25) is 5.02 Å². The minimum Gasteiger partial charge on any atom is -0.314 e. The Balaban J connectivity index is 0.00000220. The summed E-state index contributed by atoms with van der Waals surface area (Å²) in [5, 5.41) is 2.99. The van der Waals surface area contributed by atoms with Crippen molar-refractivity contribution in [1.29, 1.82) is 0 Å². The predicted molar refractivity (Wildman–Crippen MR) is 76.4 cm³/mol. The molecular weight excluding hydrogens is 331 g/mol. The fraction of sp³-hybridized carbons (Fsp3) is 0.538. The van der Waals surface area contributed by atoms with Crippen molar-refractivity contribution in [3.8, 4) is 0 Å². The maximum Gasteiger partial charge on any atom is 0.240 e. The van der Waals surface area contributed by atoms with Gasteiger partial charge in [0.05, 0.1) is 0 Å². The van der Waals surface area contributed by atoms with Gasteiger partial charge in [0.25, 0.3) is 0 Å². The first-order valence-electron chi connectivity index (χ1n) is 6.36. The number of hydrogen-bond acceptors (Lipinski definition) is 2. The van der Waals surface area contributed by atoms with E-state index < -0.39 is 30.5 Å². The summed E-state index contributed by atoms with van der Waals surface area (Å²) in [6, 6.07) is 0.940. The van der Waals surface area contributed by atoms with Gasteiger partial charge in [0, 0.05) is 49.2 Å². The Hall–Kier alpha value is -0.560. The molecule has 2 nitrogen and oxygen atoms in total. The topological polar surface area (TPSA) is 15.3 Å². The highest BCUT2D eigenvalue weighted by Gasteiger charge is 2.30. The van der Waals surface area contributed by atoms with Crippen LogP contribution in [0, 0.1) is 11.6 Å². The second-order valence-electron chi connectivity index (χ2n) is 4.71. The molecule has 0 spiro atoms. The number of hydrogen-bond donors (Lipinski definition) is 1. The molecular formula is C13H16Cl2F4N2. The largest absolute Gasteiger partial charge is 0.314 e. The zero-order chi connectivity index (χ0) is 14.7. The van der Waals surface area contributed by atoms with Crippen LogP contribution in [-0.2, 0) is 0 Å². The van der Waals surface area contributed by atoms with E-state index in [-0.39, 0.29) is 23.0 Å². The molecule has 2 rings (SSSR count). The highest BCUT2D eigenvalue weighted by molar-refractivity contribution is 6.30. The van der Waals surface area contributed by atoms with Crippen LogP contribution in [0.25, 0.3) is 0 Å². The van der Waals surface area contributed by atoms with E-state index in [4.69, 9.17) is 11.6 Å². The van der Waals surface area contributed by atoms with Crippen LogP contribution in [0.3, 0.4) is 0 Å². The maximum atomic E-state index is 14.0. The molecule has 1 heterocycles. The maximum absolute atomic E-state index is 14.0. The van der Waals surface area contributed by atoms with Gasteiger partial charge in [0.15, 0.2) is 0 Å². The van der Waals surface area contributed by atoms with Gasteiger partial charge in [-0.05, 0) is 12.1 Å². The van der Waals surface area contributed by atoms with Gasteiger partial charge in [-0.2, -0.15) is 0 Å². The number of rotatable bonds is 4. The fourth-order valence-corrected chi connectivity index (χ4v) is 2.68. The first kappa shape index (κ1) is 18.5. The van der Waals surface area contributed by atoms with E-state index in [1.54, 1.807) is 4.90 Å². The summed E-state index contributed by atoms with van der Waals surface area (Å²) in [7, 11) is 0. The average Bonchev–Trinajstić information content (AvgIpc) is 2.37. The molecule has 0 saturated carbocycles. The van der Waals surface area contributed by atoms with E-state index in [1.807, 2.05) is 0 Å². The van der Waals surface area contributed by atoms with Crippen LogP contribution in [0.1, 0.15) is 18.0 Å². The third-order valence-corrected chi connectivity index (χ3v) is 3.59. The summed E-state index contributed by atoms with van der Waals surface area (Å²) >= 11 is 5.57. The monoisotopic (exact) mass is 346 g/mol. The van der Waals surface area contributed by atoms with Gasteiger partial charge in [-0.1, -0.05) is 11.6 Å². The summed E-state index contributed by atoms with van der Waals surface area (Å²) in [5.74, 6) is -1.75. The number of piperazine rings is 1. The molecule has 1 fully saturated rings. The van der Waals surface area contributed by atoms with Crippen LogP contribution >= 0.6 is 24.0 Å². The summed E-state index contributed by atoms with van der Waals surface area (Å²) in [6.07, 6.45) is -3.24. The minimum absolute atomic E-state index is 0. The molecule has 0 bridgehead atoms. The van der Waals surface area contributed by atoms with E-state index in [1.165, 1.54) is 0 Å². The normalized spacial score (nSPS) is 17.6. The molecule has 120 valence electrons. The molecule has 1 atom stereocenters. The number of nitrogens with zero attached hydrogens (tertiary/aromatic N) is 1. The first-order valence-corrected chi connectivity index (χ1v) is 6.74. The lowest BCUT2D eigenvalue weighted by atomic mass is 10.00. The van der Waals surface area contributed by atoms with Crippen molar-refractivity contribution in [1.82, 2.24) is 10.2 Å². The highest BCUT2D eigenvalue weighted by Crippen LogP contribution is 2.33. The number of benzene rings is 1. The Morgan fingerprint density at radius 2 is 1.67 bits per heavy atom. The van der Waals surface area contributed by atoms with Crippen molar-refractivity contribution in [3.05, 3.63) is 34.4 Å². The molecule has 0 aliphatic carbocycles. The zero-order valence-corrected chi connectivity index (χ0v) is 12.7. The zero-order valence-electron chi connectivity index (χ0n) is 11.1. The molecule has 1 aliphatic heterocycles. The third kappa shape index (κ3) is 4.71. The molecule has 1 aromatic rings. The van der Waals surface area contributed by atoms with Crippen LogP contribution in [-0.4, -0.2) is 37.5 Å². The smallest absolute Gasteiger partial charge is 0.240 e. The van der Waals surface area contributed by atoms with Gasteiger partial charge >= 0.3 is 0 Å². The SMILES string of the molecule is Cl.Fc1cc(Cl)cc(F)c1[C@@H](CC(F)F)N1CCNCC1. The number of halogens is 6. The highest BCUT2D eigenvalue weighted by atomic mass is 35.5. The van der Waals surface area contributed by atoms with Gasteiger partial charge < -0.3 is 5.32 Å². The van der Waals surface area contributed by atoms with Crippen LogP contribution in [0.15, 0.2) is 12.1 Å². The Bertz CT molecular complexity index is 444. The number of nitrogens with one attached hydrogen (secondary N) is 1. The molecule has 8 heteroatoms. The van der Waals surface area contributed by atoms with Gasteiger partial charge in [-0.25, -0.2) is 17.6 Å². The Labute approximate surface area is 131 Å². The quantitative estimate of drug-likeness (QED) is 0.837. The van der Waals surface area contributed by atoms with E-state index in [2.05, 4.69) is 5.32 Å². The Morgan fingerprint density at radius 3 is 2.14 bits per heavy atom. The molecule has 21 heavy (non-hydrogen) atoms. The van der Waals surface area contributed by atoms with Crippen LogP contribution in [0.5, 0.6) is 0 Å². The molecule has 0 amide bonds. The summed E-state index contributed by atoms with van der Waals surface area (Å²) < 4.78 is 53.4. The van der Waals surface area contributed by atoms with E-state index in [0.29, 0.717) is 26.2 Å². The Morgan fingerprint density at radius 1 is 1.14 bits per heavy atom. The van der Waals surface area contributed by atoms with Crippen molar-refractivity contribution < 1.29 is 17.6 Å². The van der Waals surface area contributed by atoms with Gasteiger partial charge in [-0.3, -0.25) is 4.90 Å². The molecule has 0 unspecified atom stereocenters. The molecule has 1 aliphatic rings. The molecule has 1 aromatic carbocycles. The number of alkyl halides is 2. The minimum atomic E-state index is -2.63. The lowest BCUT2D eigenvalue weighted by Gasteiger charge is -2.35. The van der Waals surface area contributed by atoms with Gasteiger partial charge in [0.1, 0.15) is 11.6 Å². The van der Waals surface area contributed by atoms with E-state index in [9.17, 15) is 17.6 Å². The molecule has 0 aromatic heterocycles. The lowest BCUT2D eigenvalue weighted by molar-refractivity contribution is 0.0710. The molecule has 1 saturated heterocycles. The van der Waals surface area contributed by atoms with E-state index in [0.717, 1.165) is 12.1 Å². The van der Waals surface area contributed by atoms with Gasteiger partial charge in [-0.15, -0.1) is 12.4 Å². The Kier molecular flexibility index (Phi) is 7.20. The second-order valence-corrected chi connectivity index (χ2v) is 5.15. The second kappa shape index (κ2) is 8.17. The van der Waals surface area contributed by atoms with Crippen LogP contribution < -0.4 is 5.32 Å². The summed E-state index contributed by atoms with van der Waals surface area (Å²) in [5.41, 5.74) is -0.323. The fourth-order valence-electron chi connectivity index (χ4n) is 2.48. The third-order valence-electron chi connectivity index (χ3n) is 3.37. The van der Waals surface area contributed by atoms with E-state index >= 15 is 0 Å². The van der Waals surface area contributed by atoms with Crippen molar-refractivity contribution in [2.24, 2.45) is 0 Å².